The molecule has 21 heavy (non-hydrogen) atoms. The monoisotopic (exact) mass is 298 g/mol. The van der Waals surface area contributed by atoms with Crippen LogP contribution in [0.4, 0.5) is 0 Å². The third-order valence-corrected chi connectivity index (χ3v) is 3.70. The van der Waals surface area contributed by atoms with Gasteiger partial charge in [0.25, 0.3) is 0 Å². The number of hydrogen-bond acceptors (Lipinski definition) is 5. The molecular formula is C14H26N4O3. The van der Waals surface area contributed by atoms with Gasteiger partial charge in [-0.2, -0.15) is 0 Å². The summed E-state index contributed by atoms with van der Waals surface area (Å²) < 4.78 is 11.0. The predicted molar refractivity (Wildman–Crippen MR) is 79.9 cm³/mol. The first-order valence-corrected chi connectivity index (χ1v) is 7.73. The Morgan fingerprint density at radius 3 is 3.05 bits per heavy atom. The van der Waals surface area contributed by atoms with Gasteiger partial charge in [-0.25, -0.2) is 0 Å². The van der Waals surface area contributed by atoms with E-state index in [0.29, 0.717) is 45.6 Å². The summed E-state index contributed by atoms with van der Waals surface area (Å²) >= 11 is 0. The normalized spacial score (nSPS) is 25.1. The zero-order chi connectivity index (χ0) is 15.6. The zero-order valence-corrected chi connectivity index (χ0v) is 13.0. The second kappa shape index (κ2) is 9.60. The van der Waals surface area contributed by atoms with E-state index in [1.807, 2.05) is 6.92 Å². The first-order chi connectivity index (χ1) is 10.2. The Bertz CT molecular complexity index is 369. The molecular weight excluding hydrogens is 272 g/mol. The van der Waals surface area contributed by atoms with Crippen LogP contribution in [-0.4, -0.2) is 43.9 Å². The molecule has 1 heterocycles. The summed E-state index contributed by atoms with van der Waals surface area (Å²) in [6.07, 6.45) is 4.03. The van der Waals surface area contributed by atoms with Crippen LogP contribution in [0, 0.1) is 0 Å². The minimum atomic E-state index is -0.662. The van der Waals surface area contributed by atoms with Crippen molar-refractivity contribution in [1.82, 2.24) is 5.32 Å². The minimum Gasteiger partial charge on any atom is -0.465 e. The van der Waals surface area contributed by atoms with E-state index in [0.717, 1.165) is 12.8 Å². The highest BCUT2D eigenvalue weighted by molar-refractivity contribution is 5.81. The number of carbonyl (C=O) groups excluding carboxylic acids is 1. The van der Waals surface area contributed by atoms with E-state index in [4.69, 9.17) is 15.0 Å². The molecule has 7 heteroatoms. The molecule has 1 aliphatic rings. The van der Waals surface area contributed by atoms with Crippen LogP contribution in [0.1, 0.15) is 46.0 Å². The van der Waals surface area contributed by atoms with Gasteiger partial charge in [-0.05, 0) is 38.3 Å². The van der Waals surface area contributed by atoms with Crippen LogP contribution in [0.15, 0.2) is 5.11 Å². The second-order valence-electron chi connectivity index (χ2n) is 5.27. The molecule has 1 fully saturated rings. The number of nitrogens with zero attached hydrogens (tertiary/aromatic N) is 3. The van der Waals surface area contributed by atoms with Gasteiger partial charge in [-0.15, -0.1) is 0 Å². The fourth-order valence-electron chi connectivity index (χ4n) is 2.67. The van der Waals surface area contributed by atoms with Crippen LogP contribution in [-0.2, 0) is 14.3 Å². The summed E-state index contributed by atoms with van der Waals surface area (Å²) in [5.74, 6) is -0.196. The summed E-state index contributed by atoms with van der Waals surface area (Å²) in [6, 6.07) is 0. The molecule has 0 spiro atoms. The number of ether oxygens (including phenoxy) is 2. The number of rotatable bonds is 9. The second-order valence-corrected chi connectivity index (χ2v) is 5.27. The van der Waals surface area contributed by atoms with Crippen molar-refractivity contribution in [2.45, 2.75) is 57.6 Å². The Labute approximate surface area is 126 Å². The van der Waals surface area contributed by atoms with Crippen molar-refractivity contribution >= 4 is 5.97 Å². The lowest BCUT2D eigenvalue weighted by Gasteiger charge is -2.39. The maximum atomic E-state index is 12.4. The standard InChI is InChI=1S/C14H26N4O3/c1-3-6-12-11-14(7-10-21-12,13(19)20-4-2)16-8-5-9-17-18-15/h12,16H,3-11H2,1-2H3. The van der Waals surface area contributed by atoms with Crippen LogP contribution in [0.3, 0.4) is 0 Å². The SMILES string of the molecule is CCCC1CC(NCCCN=[N+]=[N-])(C(=O)OCC)CCO1. The highest BCUT2D eigenvalue weighted by Gasteiger charge is 2.43. The van der Waals surface area contributed by atoms with Crippen molar-refractivity contribution in [1.29, 1.82) is 0 Å². The highest BCUT2D eigenvalue weighted by atomic mass is 16.5. The van der Waals surface area contributed by atoms with Gasteiger partial charge in [-0.1, -0.05) is 18.5 Å². The van der Waals surface area contributed by atoms with Gasteiger partial charge in [-0.3, -0.25) is 4.79 Å². The Hall–Kier alpha value is -1.30. The van der Waals surface area contributed by atoms with Crippen LogP contribution in [0.5, 0.6) is 0 Å². The summed E-state index contributed by atoms with van der Waals surface area (Å²) in [7, 11) is 0. The van der Waals surface area contributed by atoms with Crippen molar-refractivity contribution in [2.24, 2.45) is 5.11 Å². The van der Waals surface area contributed by atoms with Gasteiger partial charge in [0.15, 0.2) is 0 Å². The number of esters is 1. The van der Waals surface area contributed by atoms with Gasteiger partial charge in [0.05, 0.1) is 12.7 Å². The average Bonchev–Trinajstić information content (AvgIpc) is 2.48. The summed E-state index contributed by atoms with van der Waals surface area (Å²) in [6.45, 7) is 5.91. The number of hydrogen-bond donors (Lipinski definition) is 1. The van der Waals surface area contributed by atoms with Crippen molar-refractivity contribution < 1.29 is 14.3 Å². The molecule has 0 aromatic rings. The first-order valence-electron chi connectivity index (χ1n) is 7.73. The topological polar surface area (TPSA) is 96.3 Å². The molecule has 0 amide bonds. The molecule has 1 N–H and O–H groups in total. The van der Waals surface area contributed by atoms with Gasteiger partial charge in [0, 0.05) is 24.5 Å². The molecule has 0 aromatic heterocycles. The third-order valence-electron chi connectivity index (χ3n) is 3.70. The smallest absolute Gasteiger partial charge is 0.326 e. The molecule has 0 saturated carbocycles. The molecule has 0 aliphatic carbocycles. The summed E-state index contributed by atoms with van der Waals surface area (Å²) in [5, 5.41) is 6.83. The Morgan fingerprint density at radius 2 is 2.38 bits per heavy atom. The van der Waals surface area contributed by atoms with E-state index < -0.39 is 5.54 Å². The lowest BCUT2D eigenvalue weighted by atomic mass is 9.85. The molecule has 2 unspecified atom stereocenters. The quantitative estimate of drug-likeness (QED) is 0.232. The lowest BCUT2D eigenvalue weighted by Crippen LogP contribution is -2.58. The van der Waals surface area contributed by atoms with E-state index in [2.05, 4.69) is 22.3 Å². The van der Waals surface area contributed by atoms with Gasteiger partial charge < -0.3 is 14.8 Å². The maximum absolute atomic E-state index is 12.4. The fourth-order valence-corrected chi connectivity index (χ4v) is 2.67. The van der Waals surface area contributed by atoms with Crippen molar-refractivity contribution in [3.05, 3.63) is 10.4 Å². The molecule has 1 saturated heterocycles. The van der Waals surface area contributed by atoms with E-state index in [-0.39, 0.29) is 12.1 Å². The molecule has 7 nitrogen and oxygen atoms in total. The highest BCUT2D eigenvalue weighted by Crippen LogP contribution is 2.28. The van der Waals surface area contributed by atoms with Crippen molar-refractivity contribution in [3.8, 4) is 0 Å². The van der Waals surface area contributed by atoms with Crippen LogP contribution in [0.25, 0.3) is 10.4 Å². The first kappa shape index (κ1) is 17.8. The minimum absolute atomic E-state index is 0.0952. The molecule has 120 valence electrons. The summed E-state index contributed by atoms with van der Waals surface area (Å²) in [4.78, 5) is 15.1. The van der Waals surface area contributed by atoms with E-state index >= 15 is 0 Å². The molecule has 0 radical (unpaired) electrons. The zero-order valence-electron chi connectivity index (χ0n) is 13.0. The van der Waals surface area contributed by atoms with Gasteiger partial charge in [0.2, 0.25) is 0 Å². The molecule has 1 aliphatic heterocycles. The number of carbonyl (C=O) groups is 1. The van der Waals surface area contributed by atoms with Crippen molar-refractivity contribution in [2.75, 3.05) is 26.3 Å². The fraction of sp³-hybridized carbons (Fsp3) is 0.929. The number of azide groups is 1. The average molecular weight is 298 g/mol. The van der Waals surface area contributed by atoms with Gasteiger partial charge in [0.1, 0.15) is 5.54 Å². The van der Waals surface area contributed by atoms with Gasteiger partial charge >= 0.3 is 5.97 Å². The van der Waals surface area contributed by atoms with E-state index in [1.165, 1.54) is 0 Å². The maximum Gasteiger partial charge on any atom is 0.326 e. The Balaban J connectivity index is 2.65. The predicted octanol–water partition coefficient (Wildman–Crippen LogP) is 2.56. The molecule has 0 aromatic carbocycles. The van der Waals surface area contributed by atoms with E-state index in [9.17, 15) is 4.79 Å². The summed E-state index contributed by atoms with van der Waals surface area (Å²) in [5.41, 5.74) is 7.60. The molecule has 2 atom stereocenters. The Kier molecular flexibility index (Phi) is 8.12. The molecule has 0 bridgehead atoms. The van der Waals surface area contributed by atoms with Crippen molar-refractivity contribution in [3.63, 3.8) is 0 Å². The Morgan fingerprint density at radius 1 is 1.57 bits per heavy atom. The van der Waals surface area contributed by atoms with Crippen LogP contribution >= 0.6 is 0 Å². The van der Waals surface area contributed by atoms with Crippen LogP contribution in [0.2, 0.25) is 0 Å². The number of nitrogens with one attached hydrogen (secondary N) is 1. The van der Waals surface area contributed by atoms with Crippen LogP contribution < -0.4 is 5.32 Å². The molecule has 1 rings (SSSR count). The lowest BCUT2D eigenvalue weighted by molar-refractivity contribution is -0.158. The largest absolute Gasteiger partial charge is 0.465 e. The third kappa shape index (κ3) is 5.53. The van der Waals surface area contributed by atoms with E-state index in [1.54, 1.807) is 0 Å².